The van der Waals surface area contributed by atoms with Crippen molar-refractivity contribution in [3.8, 4) is 0 Å². The van der Waals surface area contributed by atoms with Crippen LogP contribution in [0.1, 0.15) is 56.0 Å². The molecule has 0 saturated carbocycles. The molecule has 24 heavy (non-hydrogen) atoms. The second kappa shape index (κ2) is 8.51. The number of aliphatic imine (C=N–C) groups is 1. The molecular weight excluding hydrogens is 419 g/mol. The Kier molecular flexibility index (Phi) is 6.91. The molecule has 2 aliphatic rings. The van der Waals surface area contributed by atoms with Gasteiger partial charge < -0.3 is 19.9 Å². The van der Waals surface area contributed by atoms with Crippen molar-refractivity contribution in [1.82, 2.24) is 15.8 Å². The molecule has 0 amide bonds. The van der Waals surface area contributed by atoms with Crippen LogP contribution in [0.2, 0.25) is 0 Å². The maximum atomic E-state index is 5.91. The highest BCUT2D eigenvalue weighted by Gasteiger charge is 2.41. The molecule has 2 bridgehead atoms. The van der Waals surface area contributed by atoms with E-state index in [1.54, 1.807) is 0 Å². The van der Waals surface area contributed by atoms with E-state index in [2.05, 4.69) is 29.6 Å². The summed E-state index contributed by atoms with van der Waals surface area (Å²) in [7, 11) is 0. The van der Waals surface area contributed by atoms with Gasteiger partial charge in [0.1, 0.15) is 5.76 Å². The van der Waals surface area contributed by atoms with E-state index in [0.717, 1.165) is 36.8 Å². The molecule has 3 rings (SSSR count). The van der Waals surface area contributed by atoms with Crippen molar-refractivity contribution < 1.29 is 9.26 Å². The minimum atomic E-state index is 0. The second-order valence-corrected chi connectivity index (χ2v) is 6.72. The van der Waals surface area contributed by atoms with Crippen LogP contribution >= 0.6 is 24.0 Å². The Morgan fingerprint density at radius 2 is 2.17 bits per heavy atom. The average molecular weight is 448 g/mol. The first-order valence-electron chi connectivity index (χ1n) is 8.71. The van der Waals surface area contributed by atoms with Crippen LogP contribution in [-0.4, -0.2) is 42.5 Å². The Hall–Kier alpha value is -0.830. The summed E-state index contributed by atoms with van der Waals surface area (Å²) in [5, 5.41) is 10.9. The normalized spacial score (nSPS) is 27.0. The van der Waals surface area contributed by atoms with Crippen molar-refractivity contribution in [2.24, 2.45) is 4.99 Å². The first-order valence-corrected chi connectivity index (χ1v) is 8.71. The maximum absolute atomic E-state index is 5.91. The first kappa shape index (κ1) is 19.5. The van der Waals surface area contributed by atoms with Crippen LogP contribution in [0.5, 0.6) is 0 Å². The van der Waals surface area contributed by atoms with Gasteiger partial charge in [0, 0.05) is 24.6 Å². The average Bonchev–Trinajstić information content (AvgIpc) is 3.21. The summed E-state index contributed by atoms with van der Waals surface area (Å²) >= 11 is 0. The van der Waals surface area contributed by atoms with Crippen LogP contribution < -0.4 is 10.6 Å². The van der Waals surface area contributed by atoms with Crippen LogP contribution in [0.4, 0.5) is 0 Å². The summed E-state index contributed by atoms with van der Waals surface area (Å²) in [5.74, 6) is 2.06. The summed E-state index contributed by atoms with van der Waals surface area (Å²) in [6.07, 6.45) is 4.26. The lowest BCUT2D eigenvalue weighted by molar-refractivity contribution is 0.0992. The molecule has 7 heteroatoms. The van der Waals surface area contributed by atoms with E-state index in [-0.39, 0.29) is 29.9 Å². The van der Waals surface area contributed by atoms with E-state index in [9.17, 15) is 0 Å². The molecule has 1 aromatic rings. The van der Waals surface area contributed by atoms with Crippen LogP contribution in [0.25, 0.3) is 0 Å². The number of nitrogens with zero attached hydrogens (tertiary/aromatic N) is 2. The standard InChI is InChI=1S/C17H28N4O2.HI/c1-5-18-17(20-14-8-13-6-7-15(14)22-13)19-9-10(2)16-11(3)21-23-12(16)4;/h10,13-15H,5-9H2,1-4H3,(H2,18,19,20);1H. The summed E-state index contributed by atoms with van der Waals surface area (Å²) in [6.45, 7) is 9.77. The number of halogens is 1. The number of nitrogens with one attached hydrogen (secondary N) is 2. The van der Waals surface area contributed by atoms with Crippen molar-refractivity contribution in [1.29, 1.82) is 0 Å². The molecule has 2 N–H and O–H groups in total. The zero-order chi connectivity index (χ0) is 16.4. The van der Waals surface area contributed by atoms with Gasteiger partial charge in [-0.3, -0.25) is 4.99 Å². The Balaban J connectivity index is 0.00000208. The van der Waals surface area contributed by atoms with Crippen LogP contribution in [-0.2, 0) is 4.74 Å². The molecule has 1 aromatic heterocycles. The third-order valence-corrected chi connectivity index (χ3v) is 4.88. The third kappa shape index (κ3) is 4.22. The summed E-state index contributed by atoms with van der Waals surface area (Å²) in [5.41, 5.74) is 2.14. The number of hydrogen-bond donors (Lipinski definition) is 2. The number of ether oxygens (including phenoxy) is 1. The molecule has 4 atom stereocenters. The minimum Gasteiger partial charge on any atom is -0.373 e. The highest BCUT2D eigenvalue weighted by Crippen LogP contribution is 2.34. The predicted molar refractivity (Wildman–Crippen MR) is 105 cm³/mol. The van der Waals surface area contributed by atoms with Crippen LogP contribution in [0, 0.1) is 13.8 Å². The Morgan fingerprint density at radius 3 is 2.71 bits per heavy atom. The van der Waals surface area contributed by atoms with E-state index in [4.69, 9.17) is 14.3 Å². The molecule has 0 radical (unpaired) electrons. The lowest BCUT2D eigenvalue weighted by Gasteiger charge is -2.23. The fraction of sp³-hybridized carbons (Fsp3) is 0.765. The molecule has 3 heterocycles. The number of aryl methyl sites for hydroxylation is 2. The van der Waals surface area contributed by atoms with E-state index < -0.39 is 0 Å². The Bertz CT molecular complexity index is 555. The molecule has 2 fully saturated rings. The summed E-state index contributed by atoms with van der Waals surface area (Å²) in [4.78, 5) is 4.77. The van der Waals surface area contributed by atoms with Gasteiger partial charge in [-0.15, -0.1) is 24.0 Å². The van der Waals surface area contributed by atoms with Gasteiger partial charge in [0.15, 0.2) is 5.96 Å². The fourth-order valence-corrected chi connectivity index (χ4v) is 3.80. The van der Waals surface area contributed by atoms with Gasteiger partial charge in [-0.25, -0.2) is 0 Å². The molecule has 2 aliphatic heterocycles. The van der Waals surface area contributed by atoms with Crippen LogP contribution in [0.3, 0.4) is 0 Å². The minimum absolute atomic E-state index is 0. The third-order valence-electron chi connectivity index (χ3n) is 4.88. The van der Waals surface area contributed by atoms with Gasteiger partial charge in [0.2, 0.25) is 0 Å². The van der Waals surface area contributed by atoms with Gasteiger partial charge in [-0.05, 0) is 40.0 Å². The SMILES string of the molecule is CCNC(=NCC(C)c1c(C)noc1C)NC1CC2CCC1O2.I. The fourth-order valence-electron chi connectivity index (χ4n) is 3.80. The Morgan fingerprint density at radius 1 is 1.38 bits per heavy atom. The van der Waals surface area contributed by atoms with Crippen LogP contribution in [0.15, 0.2) is 9.52 Å². The maximum Gasteiger partial charge on any atom is 0.191 e. The highest BCUT2D eigenvalue weighted by molar-refractivity contribution is 14.0. The van der Waals surface area contributed by atoms with Gasteiger partial charge in [0.25, 0.3) is 0 Å². The van der Waals surface area contributed by atoms with Gasteiger partial charge in [0.05, 0.1) is 23.9 Å². The molecule has 4 unspecified atom stereocenters. The van der Waals surface area contributed by atoms with Crippen molar-refractivity contribution >= 4 is 29.9 Å². The number of rotatable bonds is 5. The second-order valence-electron chi connectivity index (χ2n) is 6.72. The zero-order valence-corrected chi connectivity index (χ0v) is 17.3. The van der Waals surface area contributed by atoms with E-state index in [1.807, 2.05) is 13.8 Å². The monoisotopic (exact) mass is 448 g/mol. The quantitative estimate of drug-likeness (QED) is 0.412. The van der Waals surface area contributed by atoms with Gasteiger partial charge >= 0.3 is 0 Å². The smallest absolute Gasteiger partial charge is 0.191 e. The lowest BCUT2D eigenvalue weighted by atomic mass is 9.96. The molecule has 0 aliphatic carbocycles. The van der Waals surface area contributed by atoms with Gasteiger partial charge in [-0.1, -0.05) is 12.1 Å². The molecule has 6 nitrogen and oxygen atoms in total. The summed E-state index contributed by atoms with van der Waals surface area (Å²) < 4.78 is 11.2. The predicted octanol–water partition coefficient (Wildman–Crippen LogP) is 2.89. The zero-order valence-electron chi connectivity index (χ0n) is 15.0. The first-order chi connectivity index (χ1) is 11.1. The van der Waals surface area contributed by atoms with Crippen molar-refractivity contribution in [3.05, 3.63) is 17.0 Å². The van der Waals surface area contributed by atoms with Crippen molar-refractivity contribution in [3.63, 3.8) is 0 Å². The highest BCUT2D eigenvalue weighted by atomic mass is 127. The molecule has 136 valence electrons. The molecular formula is C17H29IN4O2. The summed E-state index contributed by atoms with van der Waals surface area (Å²) in [6, 6.07) is 0.390. The van der Waals surface area contributed by atoms with Crippen molar-refractivity contribution in [2.45, 2.75) is 71.1 Å². The van der Waals surface area contributed by atoms with Gasteiger partial charge in [-0.2, -0.15) is 0 Å². The van der Waals surface area contributed by atoms with Crippen molar-refractivity contribution in [2.75, 3.05) is 13.1 Å². The lowest BCUT2D eigenvalue weighted by Crippen LogP contribution is -2.47. The Labute approximate surface area is 161 Å². The van der Waals surface area contributed by atoms with E-state index in [0.29, 0.717) is 24.8 Å². The van der Waals surface area contributed by atoms with E-state index >= 15 is 0 Å². The number of guanidine groups is 1. The topological polar surface area (TPSA) is 71.7 Å². The van der Waals surface area contributed by atoms with E-state index in [1.165, 1.54) is 12.0 Å². The molecule has 0 spiro atoms. The largest absolute Gasteiger partial charge is 0.373 e. The molecule has 2 saturated heterocycles. The number of hydrogen-bond acceptors (Lipinski definition) is 4. The number of fused-ring (bicyclic) bond motifs is 2. The number of aromatic nitrogens is 1. The molecule has 0 aromatic carbocycles.